The number of hydrogen-bond donors (Lipinski definition) is 2. The summed E-state index contributed by atoms with van der Waals surface area (Å²) >= 11 is 18.2. The van der Waals surface area contributed by atoms with Gasteiger partial charge < -0.3 is 11.5 Å². The van der Waals surface area contributed by atoms with E-state index in [2.05, 4.69) is 0 Å². The number of anilines is 2. The molecule has 0 saturated heterocycles. The van der Waals surface area contributed by atoms with Gasteiger partial charge in [-0.1, -0.05) is 35.3 Å². The summed E-state index contributed by atoms with van der Waals surface area (Å²) in [6.45, 7) is 0. The number of nitrogen functional groups attached to an aromatic ring is 2. The first kappa shape index (κ1) is 15.3. The van der Waals surface area contributed by atoms with Crippen LogP contribution in [-0.2, 0) is 0 Å². The lowest BCUT2D eigenvalue weighted by Gasteiger charge is -2.18. The Balaban J connectivity index is 2.45. The molecule has 0 bridgehead atoms. The van der Waals surface area contributed by atoms with Crippen molar-refractivity contribution in [3.8, 4) is 0 Å². The Bertz CT molecular complexity index is 574. The van der Waals surface area contributed by atoms with Crippen molar-refractivity contribution in [2.24, 2.45) is 0 Å². The Morgan fingerprint density at radius 2 is 1.45 bits per heavy atom. The van der Waals surface area contributed by atoms with Crippen LogP contribution in [-0.4, -0.2) is 5.88 Å². The molecule has 2 aromatic carbocycles. The highest BCUT2D eigenvalue weighted by atomic mass is 35.5. The Morgan fingerprint density at radius 1 is 0.900 bits per heavy atom. The van der Waals surface area contributed by atoms with Crippen molar-refractivity contribution in [2.45, 2.75) is 12.3 Å². The molecule has 0 aliphatic heterocycles. The van der Waals surface area contributed by atoms with Crippen LogP contribution in [0.25, 0.3) is 0 Å². The monoisotopic (exact) mass is 328 g/mol. The summed E-state index contributed by atoms with van der Waals surface area (Å²) < 4.78 is 0. The van der Waals surface area contributed by atoms with Gasteiger partial charge in [0.25, 0.3) is 0 Å². The minimum absolute atomic E-state index is 0.115. The summed E-state index contributed by atoms with van der Waals surface area (Å²) in [4.78, 5) is 0. The van der Waals surface area contributed by atoms with Gasteiger partial charge in [0.2, 0.25) is 0 Å². The predicted octanol–water partition coefficient (Wildman–Crippen LogP) is 4.92. The Labute approximate surface area is 133 Å². The van der Waals surface area contributed by atoms with Gasteiger partial charge in [0.05, 0.1) is 15.7 Å². The Kier molecular flexibility index (Phi) is 5.03. The SMILES string of the molecule is Nc1ccc(C(CCCl)c2cc(Cl)c(N)c(Cl)c2)cc1. The van der Waals surface area contributed by atoms with Crippen LogP contribution in [0.4, 0.5) is 11.4 Å². The standard InChI is InChI=1S/C15H15Cl3N2/c16-6-5-12(9-1-3-11(19)4-2-9)10-7-13(17)15(20)14(18)8-10/h1-4,7-8,12H,5-6,19-20H2. The molecule has 2 nitrogen and oxygen atoms in total. The molecule has 2 rings (SSSR count). The third-order valence-electron chi connectivity index (χ3n) is 3.24. The van der Waals surface area contributed by atoms with Crippen LogP contribution >= 0.6 is 34.8 Å². The van der Waals surface area contributed by atoms with Crippen LogP contribution < -0.4 is 11.5 Å². The predicted molar refractivity (Wildman–Crippen MR) is 88.9 cm³/mol. The fraction of sp³-hybridized carbons (Fsp3) is 0.200. The largest absolute Gasteiger partial charge is 0.399 e. The van der Waals surface area contributed by atoms with Crippen LogP contribution in [0.2, 0.25) is 10.0 Å². The molecule has 5 heteroatoms. The maximum absolute atomic E-state index is 6.11. The van der Waals surface area contributed by atoms with Gasteiger partial charge in [-0.05, 0) is 41.8 Å². The van der Waals surface area contributed by atoms with Crippen LogP contribution in [0.1, 0.15) is 23.5 Å². The normalized spacial score (nSPS) is 12.3. The minimum Gasteiger partial charge on any atom is -0.399 e. The number of rotatable bonds is 4. The van der Waals surface area contributed by atoms with Crippen LogP contribution in [0.15, 0.2) is 36.4 Å². The first-order valence-corrected chi connectivity index (χ1v) is 7.47. The molecule has 0 aliphatic carbocycles. The molecular formula is C15H15Cl3N2. The summed E-state index contributed by atoms with van der Waals surface area (Å²) in [7, 11) is 0. The van der Waals surface area contributed by atoms with E-state index in [1.165, 1.54) is 0 Å². The van der Waals surface area contributed by atoms with Gasteiger partial charge in [0, 0.05) is 17.5 Å². The molecule has 2 aromatic rings. The van der Waals surface area contributed by atoms with Crippen molar-refractivity contribution < 1.29 is 0 Å². The van der Waals surface area contributed by atoms with Gasteiger partial charge in [-0.2, -0.15) is 0 Å². The second-order valence-corrected chi connectivity index (χ2v) is 5.79. The van der Waals surface area contributed by atoms with E-state index >= 15 is 0 Å². The fourth-order valence-electron chi connectivity index (χ4n) is 2.17. The van der Waals surface area contributed by atoms with Crippen molar-refractivity contribution in [2.75, 3.05) is 17.3 Å². The van der Waals surface area contributed by atoms with E-state index in [1.54, 1.807) is 0 Å². The van der Waals surface area contributed by atoms with Crippen LogP contribution in [0.5, 0.6) is 0 Å². The van der Waals surface area contributed by atoms with E-state index in [1.807, 2.05) is 36.4 Å². The van der Waals surface area contributed by atoms with E-state index in [0.29, 0.717) is 21.6 Å². The second kappa shape index (κ2) is 6.57. The second-order valence-electron chi connectivity index (χ2n) is 4.60. The highest BCUT2D eigenvalue weighted by Gasteiger charge is 2.16. The molecule has 0 spiro atoms. The molecule has 0 amide bonds. The fourth-order valence-corrected chi connectivity index (χ4v) is 2.89. The van der Waals surface area contributed by atoms with E-state index in [9.17, 15) is 0 Å². The first-order valence-electron chi connectivity index (χ1n) is 6.18. The number of nitrogens with two attached hydrogens (primary N) is 2. The summed E-state index contributed by atoms with van der Waals surface area (Å²) in [6.07, 6.45) is 0.780. The van der Waals surface area contributed by atoms with Crippen molar-refractivity contribution in [1.29, 1.82) is 0 Å². The molecule has 106 valence electrons. The topological polar surface area (TPSA) is 52.0 Å². The molecule has 0 aromatic heterocycles. The van der Waals surface area contributed by atoms with Gasteiger partial charge in [-0.15, -0.1) is 11.6 Å². The van der Waals surface area contributed by atoms with Crippen molar-refractivity contribution >= 4 is 46.2 Å². The molecule has 0 fully saturated rings. The summed E-state index contributed by atoms with van der Waals surface area (Å²) in [6, 6.07) is 11.4. The maximum atomic E-state index is 6.11. The van der Waals surface area contributed by atoms with E-state index in [4.69, 9.17) is 46.3 Å². The summed E-state index contributed by atoms with van der Waals surface area (Å²) in [5.41, 5.74) is 14.8. The lowest BCUT2D eigenvalue weighted by atomic mass is 9.89. The number of hydrogen-bond acceptors (Lipinski definition) is 2. The average Bonchev–Trinajstić information content (AvgIpc) is 2.43. The average molecular weight is 330 g/mol. The summed E-state index contributed by atoms with van der Waals surface area (Å²) in [5, 5.41) is 0.921. The number of alkyl halides is 1. The summed E-state index contributed by atoms with van der Waals surface area (Å²) in [5.74, 6) is 0.651. The molecular weight excluding hydrogens is 315 g/mol. The van der Waals surface area contributed by atoms with Gasteiger partial charge in [0.15, 0.2) is 0 Å². The lowest BCUT2D eigenvalue weighted by Crippen LogP contribution is -2.03. The molecule has 0 radical (unpaired) electrons. The molecule has 0 heterocycles. The Morgan fingerprint density at radius 3 is 1.95 bits per heavy atom. The smallest absolute Gasteiger partial charge is 0.0693 e. The van der Waals surface area contributed by atoms with Gasteiger partial charge in [-0.25, -0.2) is 0 Å². The van der Waals surface area contributed by atoms with Crippen molar-refractivity contribution in [3.63, 3.8) is 0 Å². The Hall–Kier alpha value is -1.09. The third kappa shape index (κ3) is 3.32. The van der Waals surface area contributed by atoms with E-state index in [-0.39, 0.29) is 5.92 Å². The number of benzene rings is 2. The zero-order chi connectivity index (χ0) is 14.7. The van der Waals surface area contributed by atoms with Gasteiger partial charge >= 0.3 is 0 Å². The maximum Gasteiger partial charge on any atom is 0.0693 e. The van der Waals surface area contributed by atoms with E-state index in [0.717, 1.165) is 23.2 Å². The third-order valence-corrected chi connectivity index (χ3v) is 4.08. The zero-order valence-electron chi connectivity index (χ0n) is 10.7. The van der Waals surface area contributed by atoms with Crippen molar-refractivity contribution in [3.05, 3.63) is 57.6 Å². The van der Waals surface area contributed by atoms with Crippen LogP contribution in [0, 0.1) is 0 Å². The molecule has 4 N–H and O–H groups in total. The van der Waals surface area contributed by atoms with Crippen LogP contribution in [0.3, 0.4) is 0 Å². The number of halogens is 3. The minimum atomic E-state index is 0.115. The quantitative estimate of drug-likeness (QED) is 0.618. The first-order chi connectivity index (χ1) is 9.52. The van der Waals surface area contributed by atoms with Crippen molar-refractivity contribution in [1.82, 2.24) is 0 Å². The molecule has 0 saturated carbocycles. The van der Waals surface area contributed by atoms with Gasteiger partial charge in [0.1, 0.15) is 0 Å². The molecule has 0 aliphatic rings. The highest BCUT2D eigenvalue weighted by Crippen LogP contribution is 2.36. The zero-order valence-corrected chi connectivity index (χ0v) is 13.0. The lowest BCUT2D eigenvalue weighted by molar-refractivity contribution is 0.783. The van der Waals surface area contributed by atoms with E-state index < -0.39 is 0 Å². The highest BCUT2D eigenvalue weighted by molar-refractivity contribution is 6.38. The molecule has 1 unspecified atom stereocenters. The van der Waals surface area contributed by atoms with Gasteiger partial charge in [-0.3, -0.25) is 0 Å². The molecule has 20 heavy (non-hydrogen) atoms. The molecule has 1 atom stereocenters.